The fourth-order valence-electron chi connectivity index (χ4n) is 2.63. The van der Waals surface area contributed by atoms with E-state index in [-0.39, 0.29) is 5.75 Å². The van der Waals surface area contributed by atoms with Gasteiger partial charge in [-0.1, -0.05) is 24.8 Å². The number of rotatable bonds is 7. The number of nitrogens with zero attached hydrogens (tertiary/aromatic N) is 4. The Labute approximate surface area is 160 Å². The zero-order valence-electron chi connectivity index (χ0n) is 15.2. The van der Waals surface area contributed by atoms with Crippen molar-refractivity contribution in [3.05, 3.63) is 47.9 Å². The third-order valence-corrected chi connectivity index (χ3v) is 4.90. The van der Waals surface area contributed by atoms with E-state index in [0.717, 1.165) is 24.1 Å². The van der Waals surface area contributed by atoms with E-state index in [1.165, 1.54) is 31.1 Å². The lowest BCUT2D eigenvalue weighted by Gasteiger charge is -2.07. The number of ether oxygens (including phenoxy) is 1. The fraction of sp³-hybridized carbons (Fsp3) is 0.278. The van der Waals surface area contributed by atoms with Crippen LogP contribution in [-0.2, 0) is 19.2 Å². The zero-order valence-corrected chi connectivity index (χ0v) is 16.0. The van der Waals surface area contributed by atoms with Crippen LogP contribution in [0.5, 0.6) is 5.75 Å². The van der Waals surface area contributed by atoms with Gasteiger partial charge in [0.1, 0.15) is 5.82 Å². The van der Waals surface area contributed by atoms with Crippen LogP contribution in [0.4, 0.5) is 10.2 Å². The van der Waals surface area contributed by atoms with Crippen molar-refractivity contribution in [2.45, 2.75) is 24.3 Å². The highest BCUT2D eigenvalue weighted by molar-refractivity contribution is 7.98. The van der Waals surface area contributed by atoms with Crippen molar-refractivity contribution in [2.75, 3.05) is 12.4 Å². The summed E-state index contributed by atoms with van der Waals surface area (Å²) in [5.41, 5.74) is 2.12. The molecule has 2 aromatic heterocycles. The molecule has 9 heteroatoms. The topological polar surface area (TPSA) is 85.1 Å². The van der Waals surface area contributed by atoms with Crippen LogP contribution in [0.1, 0.15) is 18.3 Å². The maximum atomic E-state index is 13.9. The molecule has 0 radical (unpaired) electrons. The number of fused-ring (bicyclic) bond motifs is 1. The zero-order chi connectivity index (χ0) is 19.4. The smallest absolute Gasteiger partial charge is 0.191 e. The summed E-state index contributed by atoms with van der Waals surface area (Å²) in [7, 11) is 3.34. The van der Waals surface area contributed by atoms with Gasteiger partial charge in [-0.25, -0.2) is 19.3 Å². The number of aliphatic hydroxyl groups is 1. The molecule has 27 heavy (non-hydrogen) atoms. The van der Waals surface area contributed by atoms with Gasteiger partial charge in [-0.2, -0.15) is 0 Å². The first-order valence-electron chi connectivity index (χ1n) is 8.31. The molecule has 3 rings (SSSR count). The first-order valence-corrected chi connectivity index (χ1v) is 9.30. The molecule has 7 nitrogen and oxygen atoms in total. The van der Waals surface area contributed by atoms with Crippen molar-refractivity contribution in [2.24, 2.45) is 7.05 Å². The Hall–Kier alpha value is -2.81. The highest BCUT2D eigenvalue weighted by Crippen LogP contribution is 2.28. The Morgan fingerprint density at radius 2 is 2.15 bits per heavy atom. The molecule has 0 spiro atoms. The van der Waals surface area contributed by atoms with Crippen LogP contribution in [0.25, 0.3) is 11.2 Å². The number of hydrogen-bond donors (Lipinski definition) is 2. The standard InChI is InChI=1S/C18H20FN5O2S/c1-4-14-21-15-16(20-7-8-25)22-18(23-17(15)24(14)2)27-10-11-5-6-13(26-3)12(19)9-11/h5-9,25H,4,10H2,1-3H3,(H,20,22,23)/b8-7-. The average molecular weight is 389 g/mol. The fourth-order valence-corrected chi connectivity index (χ4v) is 3.41. The molecule has 0 amide bonds. The number of methoxy groups -OCH3 is 1. The quantitative estimate of drug-likeness (QED) is 0.361. The SMILES string of the molecule is CCc1nc2c(N/C=C\O)nc(SCc3ccc(OC)c(F)c3)nc2n1C. The minimum absolute atomic E-state index is 0.214. The Balaban J connectivity index is 1.91. The van der Waals surface area contributed by atoms with Gasteiger partial charge in [-0.3, -0.25) is 0 Å². The molecule has 0 atom stereocenters. The van der Waals surface area contributed by atoms with E-state index >= 15 is 0 Å². The molecule has 142 valence electrons. The average Bonchev–Trinajstić information content (AvgIpc) is 3.00. The third kappa shape index (κ3) is 3.97. The van der Waals surface area contributed by atoms with Gasteiger partial charge in [0.2, 0.25) is 0 Å². The highest BCUT2D eigenvalue weighted by Gasteiger charge is 2.15. The third-order valence-electron chi connectivity index (χ3n) is 3.99. The number of halogens is 1. The van der Waals surface area contributed by atoms with E-state index in [1.807, 2.05) is 18.5 Å². The van der Waals surface area contributed by atoms with E-state index in [9.17, 15) is 4.39 Å². The predicted molar refractivity (Wildman–Crippen MR) is 104 cm³/mol. The molecule has 0 saturated heterocycles. The van der Waals surface area contributed by atoms with E-state index in [4.69, 9.17) is 9.84 Å². The second-order valence-electron chi connectivity index (χ2n) is 5.69. The Morgan fingerprint density at radius 1 is 1.33 bits per heavy atom. The maximum Gasteiger partial charge on any atom is 0.191 e. The van der Waals surface area contributed by atoms with Gasteiger partial charge in [0, 0.05) is 25.4 Å². The molecule has 1 aromatic carbocycles. The van der Waals surface area contributed by atoms with Crippen LogP contribution in [-0.4, -0.2) is 31.7 Å². The molecule has 0 aliphatic heterocycles. The summed E-state index contributed by atoms with van der Waals surface area (Å²) >= 11 is 1.39. The predicted octanol–water partition coefficient (Wildman–Crippen LogP) is 3.81. The molecule has 0 fully saturated rings. The molecule has 0 unspecified atom stereocenters. The van der Waals surface area contributed by atoms with Gasteiger partial charge < -0.3 is 19.7 Å². The summed E-state index contributed by atoms with van der Waals surface area (Å²) in [5.74, 6) is 1.70. The molecule has 0 aliphatic rings. The summed E-state index contributed by atoms with van der Waals surface area (Å²) in [6, 6.07) is 4.85. The largest absolute Gasteiger partial charge is 0.514 e. The molecule has 2 N–H and O–H groups in total. The molecule has 0 saturated carbocycles. The highest BCUT2D eigenvalue weighted by atomic mass is 32.2. The van der Waals surface area contributed by atoms with Crippen molar-refractivity contribution >= 4 is 28.7 Å². The van der Waals surface area contributed by atoms with E-state index in [2.05, 4.69) is 20.3 Å². The Bertz CT molecular complexity index is 990. The summed E-state index contributed by atoms with van der Waals surface area (Å²) in [4.78, 5) is 13.6. The first kappa shape index (κ1) is 19.0. The second kappa shape index (κ2) is 8.26. The van der Waals surface area contributed by atoms with Crippen molar-refractivity contribution in [3.8, 4) is 5.75 Å². The number of aromatic nitrogens is 4. The van der Waals surface area contributed by atoms with Crippen molar-refractivity contribution < 1.29 is 14.2 Å². The summed E-state index contributed by atoms with van der Waals surface area (Å²) in [6.07, 6.45) is 3.02. The number of benzene rings is 1. The van der Waals surface area contributed by atoms with Crippen LogP contribution >= 0.6 is 11.8 Å². The molecule has 0 aliphatic carbocycles. The molecule has 2 heterocycles. The van der Waals surface area contributed by atoms with Crippen LogP contribution in [0.15, 0.2) is 35.8 Å². The molecular formula is C18H20FN5O2S. The van der Waals surface area contributed by atoms with Gasteiger partial charge in [0.15, 0.2) is 33.7 Å². The lowest BCUT2D eigenvalue weighted by Crippen LogP contribution is -2.00. The second-order valence-corrected chi connectivity index (χ2v) is 6.63. The summed E-state index contributed by atoms with van der Waals surface area (Å²) in [6.45, 7) is 2.02. The van der Waals surface area contributed by atoms with Crippen LogP contribution in [0.2, 0.25) is 0 Å². The Morgan fingerprint density at radius 3 is 2.81 bits per heavy atom. The van der Waals surface area contributed by atoms with Crippen molar-refractivity contribution in [3.63, 3.8) is 0 Å². The normalized spacial score (nSPS) is 11.4. The first-order chi connectivity index (χ1) is 13.1. The number of aliphatic hydroxyl groups excluding tert-OH is 1. The number of aryl methyl sites for hydroxylation is 2. The van der Waals surface area contributed by atoms with Gasteiger partial charge in [-0.05, 0) is 17.7 Å². The van der Waals surface area contributed by atoms with E-state index in [0.29, 0.717) is 27.9 Å². The minimum Gasteiger partial charge on any atom is -0.514 e. The van der Waals surface area contributed by atoms with Gasteiger partial charge >= 0.3 is 0 Å². The Kier molecular flexibility index (Phi) is 5.80. The number of imidazole rings is 1. The number of hydrogen-bond acceptors (Lipinski definition) is 7. The minimum atomic E-state index is -0.401. The lowest BCUT2D eigenvalue weighted by molar-refractivity contribution is 0.386. The lowest BCUT2D eigenvalue weighted by atomic mass is 10.2. The summed E-state index contributed by atoms with van der Waals surface area (Å²) < 4.78 is 20.7. The number of anilines is 1. The summed E-state index contributed by atoms with van der Waals surface area (Å²) in [5, 5.41) is 12.4. The van der Waals surface area contributed by atoms with Crippen LogP contribution in [0, 0.1) is 5.82 Å². The van der Waals surface area contributed by atoms with Crippen LogP contribution in [0.3, 0.4) is 0 Å². The monoisotopic (exact) mass is 389 g/mol. The molecular weight excluding hydrogens is 369 g/mol. The van der Waals surface area contributed by atoms with E-state index in [1.54, 1.807) is 12.1 Å². The van der Waals surface area contributed by atoms with Crippen LogP contribution < -0.4 is 10.1 Å². The number of nitrogens with one attached hydrogen (secondary N) is 1. The van der Waals surface area contributed by atoms with Crippen molar-refractivity contribution in [1.29, 1.82) is 0 Å². The number of thioether (sulfide) groups is 1. The van der Waals surface area contributed by atoms with Gasteiger partial charge in [-0.15, -0.1) is 0 Å². The molecule has 0 bridgehead atoms. The molecule has 3 aromatic rings. The van der Waals surface area contributed by atoms with Gasteiger partial charge in [0.05, 0.1) is 13.4 Å². The van der Waals surface area contributed by atoms with Crippen molar-refractivity contribution in [1.82, 2.24) is 19.5 Å². The maximum absolute atomic E-state index is 13.9. The van der Waals surface area contributed by atoms with E-state index < -0.39 is 5.82 Å². The van der Waals surface area contributed by atoms with Gasteiger partial charge in [0.25, 0.3) is 0 Å².